The van der Waals surface area contributed by atoms with Crippen molar-refractivity contribution in [3.8, 4) is 5.75 Å². The first kappa shape index (κ1) is 16.6. The molecule has 126 valence electrons. The zero-order valence-electron chi connectivity index (χ0n) is 14.0. The van der Waals surface area contributed by atoms with Gasteiger partial charge in [-0.15, -0.1) is 0 Å². The van der Waals surface area contributed by atoms with Gasteiger partial charge in [0, 0.05) is 12.1 Å². The second-order valence-electron chi connectivity index (χ2n) is 6.55. The lowest BCUT2D eigenvalue weighted by molar-refractivity contribution is -0.117. The van der Waals surface area contributed by atoms with Gasteiger partial charge in [0.15, 0.2) is 0 Å². The molecule has 2 aromatic carbocycles. The van der Waals surface area contributed by atoms with Crippen molar-refractivity contribution >= 4 is 11.6 Å². The van der Waals surface area contributed by atoms with Crippen LogP contribution in [0.2, 0.25) is 0 Å². The second-order valence-corrected chi connectivity index (χ2v) is 6.55. The Bertz CT molecular complexity index is 631. The molecule has 2 aromatic rings. The Kier molecular flexibility index (Phi) is 5.89. The topological polar surface area (TPSA) is 38.3 Å². The minimum Gasteiger partial charge on any atom is -0.489 e. The van der Waals surface area contributed by atoms with Crippen molar-refractivity contribution in [2.24, 2.45) is 5.92 Å². The maximum absolute atomic E-state index is 12.1. The Balaban J connectivity index is 1.46. The van der Waals surface area contributed by atoms with Crippen molar-refractivity contribution in [2.45, 2.75) is 45.1 Å². The summed E-state index contributed by atoms with van der Waals surface area (Å²) in [5, 5.41) is 3.00. The predicted octanol–water partition coefficient (Wildman–Crippen LogP) is 5.17. The summed E-state index contributed by atoms with van der Waals surface area (Å²) < 4.78 is 5.76. The van der Waals surface area contributed by atoms with Crippen LogP contribution in [0, 0.1) is 5.92 Å². The molecule has 3 rings (SSSR count). The number of ether oxygens (including phenoxy) is 1. The molecule has 0 spiro atoms. The third-order valence-corrected chi connectivity index (χ3v) is 4.59. The molecule has 1 aliphatic carbocycles. The highest BCUT2D eigenvalue weighted by molar-refractivity contribution is 5.90. The number of amides is 1. The van der Waals surface area contributed by atoms with Gasteiger partial charge in [-0.3, -0.25) is 4.79 Å². The first-order valence-corrected chi connectivity index (χ1v) is 8.86. The molecule has 3 nitrogen and oxygen atoms in total. The van der Waals surface area contributed by atoms with Gasteiger partial charge in [-0.1, -0.05) is 49.6 Å². The van der Waals surface area contributed by atoms with Gasteiger partial charge in [-0.2, -0.15) is 0 Å². The van der Waals surface area contributed by atoms with E-state index in [4.69, 9.17) is 4.74 Å². The van der Waals surface area contributed by atoms with Gasteiger partial charge in [-0.05, 0) is 48.6 Å². The molecule has 1 aliphatic rings. The van der Waals surface area contributed by atoms with E-state index >= 15 is 0 Å². The van der Waals surface area contributed by atoms with Gasteiger partial charge < -0.3 is 10.1 Å². The monoisotopic (exact) mass is 323 g/mol. The van der Waals surface area contributed by atoms with Gasteiger partial charge in [0.25, 0.3) is 0 Å². The summed E-state index contributed by atoms with van der Waals surface area (Å²) in [6.07, 6.45) is 6.89. The third-order valence-electron chi connectivity index (χ3n) is 4.59. The molecule has 0 aromatic heterocycles. The lowest BCUT2D eigenvalue weighted by Gasteiger charge is -2.20. The molecular weight excluding hydrogens is 298 g/mol. The molecule has 0 bridgehead atoms. The van der Waals surface area contributed by atoms with E-state index in [-0.39, 0.29) is 5.91 Å². The number of carbonyl (C=O) groups excluding carboxylic acids is 1. The lowest BCUT2D eigenvalue weighted by Crippen LogP contribution is -2.18. The standard InChI is InChI=1S/C21H25NO2/c23-21(15-17-7-3-1-4-8-17)22-19-11-13-20(14-12-19)24-16-18-9-5-2-6-10-18/h2,5-6,9-14,17H,1,3-4,7-8,15-16H2,(H,22,23). The summed E-state index contributed by atoms with van der Waals surface area (Å²) in [6, 6.07) is 17.7. The Morgan fingerprint density at radius 1 is 0.958 bits per heavy atom. The maximum atomic E-state index is 12.1. The van der Waals surface area contributed by atoms with E-state index in [0.29, 0.717) is 18.9 Å². The summed E-state index contributed by atoms with van der Waals surface area (Å²) in [6.45, 7) is 0.550. The zero-order valence-corrected chi connectivity index (χ0v) is 14.0. The van der Waals surface area contributed by atoms with E-state index in [0.717, 1.165) is 17.0 Å². The Labute approximate surface area is 144 Å². The fourth-order valence-electron chi connectivity index (χ4n) is 3.24. The number of benzene rings is 2. The molecule has 0 radical (unpaired) electrons. The summed E-state index contributed by atoms with van der Waals surface area (Å²) in [7, 11) is 0. The number of hydrogen-bond acceptors (Lipinski definition) is 2. The zero-order chi connectivity index (χ0) is 16.6. The Morgan fingerprint density at radius 3 is 2.38 bits per heavy atom. The minimum atomic E-state index is 0.125. The highest BCUT2D eigenvalue weighted by atomic mass is 16.5. The third kappa shape index (κ3) is 5.12. The van der Waals surface area contributed by atoms with E-state index < -0.39 is 0 Å². The van der Waals surface area contributed by atoms with Crippen molar-refractivity contribution in [1.82, 2.24) is 0 Å². The van der Waals surface area contributed by atoms with Crippen molar-refractivity contribution in [3.05, 3.63) is 60.2 Å². The van der Waals surface area contributed by atoms with Crippen LogP contribution < -0.4 is 10.1 Å². The maximum Gasteiger partial charge on any atom is 0.224 e. The van der Waals surface area contributed by atoms with Gasteiger partial charge >= 0.3 is 0 Å². The van der Waals surface area contributed by atoms with Crippen molar-refractivity contribution in [3.63, 3.8) is 0 Å². The molecule has 1 fully saturated rings. The van der Waals surface area contributed by atoms with Gasteiger partial charge in [0.2, 0.25) is 5.91 Å². The molecule has 3 heteroatoms. The predicted molar refractivity (Wildman–Crippen MR) is 97.0 cm³/mol. The molecular formula is C21H25NO2. The smallest absolute Gasteiger partial charge is 0.224 e. The van der Waals surface area contributed by atoms with Crippen molar-refractivity contribution < 1.29 is 9.53 Å². The second kappa shape index (κ2) is 8.53. The first-order chi connectivity index (χ1) is 11.8. The van der Waals surface area contributed by atoms with Crippen molar-refractivity contribution in [2.75, 3.05) is 5.32 Å². The van der Waals surface area contributed by atoms with Crippen LogP contribution in [0.5, 0.6) is 5.75 Å². The van der Waals surface area contributed by atoms with Gasteiger partial charge in [0.05, 0.1) is 0 Å². The van der Waals surface area contributed by atoms with E-state index in [2.05, 4.69) is 5.32 Å². The summed E-state index contributed by atoms with van der Waals surface area (Å²) in [5.41, 5.74) is 1.98. The molecule has 1 saturated carbocycles. The summed E-state index contributed by atoms with van der Waals surface area (Å²) >= 11 is 0. The molecule has 1 N–H and O–H groups in total. The average molecular weight is 323 g/mol. The fraction of sp³-hybridized carbons (Fsp3) is 0.381. The molecule has 0 saturated heterocycles. The molecule has 24 heavy (non-hydrogen) atoms. The van der Waals surface area contributed by atoms with E-state index in [1.54, 1.807) is 0 Å². The van der Waals surface area contributed by atoms with Crippen LogP contribution in [0.4, 0.5) is 5.69 Å². The normalized spacial score (nSPS) is 15.0. The Hall–Kier alpha value is -2.29. The molecule has 1 amide bonds. The minimum absolute atomic E-state index is 0.125. The number of anilines is 1. The van der Waals surface area contributed by atoms with E-state index in [1.807, 2.05) is 54.6 Å². The molecule has 0 aliphatic heterocycles. The van der Waals surface area contributed by atoms with Crippen LogP contribution >= 0.6 is 0 Å². The van der Waals surface area contributed by atoms with Crippen LogP contribution in [-0.4, -0.2) is 5.91 Å². The van der Waals surface area contributed by atoms with Gasteiger partial charge in [0.1, 0.15) is 12.4 Å². The number of nitrogens with one attached hydrogen (secondary N) is 1. The average Bonchev–Trinajstić information content (AvgIpc) is 2.63. The van der Waals surface area contributed by atoms with E-state index in [9.17, 15) is 4.79 Å². The van der Waals surface area contributed by atoms with Crippen LogP contribution in [-0.2, 0) is 11.4 Å². The molecule has 0 atom stereocenters. The highest BCUT2D eigenvalue weighted by Gasteiger charge is 2.16. The number of rotatable bonds is 6. The first-order valence-electron chi connectivity index (χ1n) is 8.86. The summed E-state index contributed by atoms with van der Waals surface area (Å²) in [5.74, 6) is 1.50. The van der Waals surface area contributed by atoms with Crippen molar-refractivity contribution in [1.29, 1.82) is 0 Å². The highest BCUT2D eigenvalue weighted by Crippen LogP contribution is 2.26. The SMILES string of the molecule is O=C(CC1CCCCC1)Nc1ccc(OCc2ccccc2)cc1. The van der Waals surface area contributed by atoms with Crippen LogP contribution in [0.3, 0.4) is 0 Å². The lowest BCUT2D eigenvalue weighted by atomic mass is 9.87. The summed E-state index contributed by atoms with van der Waals surface area (Å²) in [4.78, 5) is 12.1. The fourth-order valence-corrected chi connectivity index (χ4v) is 3.24. The Morgan fingerprint density at radius 2 is 1.67 bits per heavy atom. The molecule has 0 unspecified atom stereocenters. The van der Waals surface area contributed by atoms with Crippen LogP contribution in [0.1, 0.15) is 44.1 Å². The number of carbonyl (C=O) groups is 1. The van der Waals surface area contributed by atoms with Crippen LogP contribution in [0.25, 0.3) is 0 Å². The van der Waals surface area contributed by atoms with Gasteiger partial charge in [-0.25, -0.2) is 0 Å². The molecule has 0 heterocycles. The van der Waals surface area contributed by atoms with Crippen LogP contribution in [0.15, 0.2) is 54.6 Å². The number of hydrogen-bond donors (Lipinski definition) is 1. The quantitative estimate of drug-likeness (QED) is 0.796. The van der Waals surface area contributed by atoms with E-state index in [1.165, 1.54) is 32.1 Å². The largest absolute Gasteiger partial charge is 0.489 e.